The number of amides is 1. The number of nitrogens with one attached hydrogen (secondary N) is 3. The van der Waals surface area contributed by atoms with Crippen LogP contribution in [0.25, 0.3) is 0 Å². The molecule has 0 spiro atoms. The molecule has 0 saturated heterocycles. The lowest BCUT2D eigenvalue weighted by atomic mass is 10.1. The van der Waals surface area contributed by atoms with Gasteiger partial charge in [0.2, 0.25) is 0 Å². The molecule has 162 valence electrons. The molecule has 0 aliphatic rings. The Bertz CT molecular complexity index is 885. The van der Waals surface area contributed by atoms with E-state index in [2.05, 4.69) is 33.9 Å². The maximum absolute atomic E-state index is 12.4. The van der Waals surface area contributed by atoms with Crippen molar-refractivity contribution >= 4 is 11.9 Å². The fourth-order valence-corrected chi connectivity index (χ4v) is 3.06. The van der Waals surface area contributed by atoms with E-state index in [4.69, 9.17) is 4.74 Å². The van der Waals surface area contributed by atoms with Crippen LogP contribution in [0.5, 0.6) is 5.75 Å². The molecular weight excluding hydrogens is 376 g/mol. The lowest BCUT2D eigenvalue weighted by molar-refractivity contribution is 0.0919. The van der Waals surface area contributed by atoms with Gasteiger partial charge in [-0.3, -0.25) is 9.79 Å². The summed E-state index contributed by atoms with van der Waals surface area (Å²) < 4.78 is 5.44. The second-order valence-corrected chi connectivity index (χ2v) is 8.32. The highest BCUT2D eigenvalue weighted by Crippen LogP contribution is 2.19. The second kappa shape index (κ2) is 10.7. The third-order valence-electron chi connectivity index (χ3n) is 4.48. The summed E-state index contributed by atoms with van der Waals surface area (Å²) in [5.74, 6) is 1.54. The number of hydrogen-bond acceptors (Lipinski definition) is 3. The van der Waals surface area contributed by atoms with Gasteiger partial charge in [0.05, 0.1) is 7.11 Å². The van der Waals surface area contributed by atoms with E-state index in [0.717, 1.165) is 29.8 Å². The van der Waals surface area contributed by atoms with E-state index in [1.165, 1.54) is 5.56 Å². The number of carbonyl (C=O) groups is 1. The molecule has 0 heterocycles. The summed E-state index contributed by atoms with van der Waals surface area (Å²) in [5.41, 5.74) is 3.78. The van der Waals surface area contributed by atoms with Gasteiger partial charge in [0.1, 0.15) is 5.75 Å². The number of guanidine groups is 1. The topological polar surface area (TPSA) is 74.8 Å². The summed E-state index contributed by atoms with van der Waals surface area (Å²) in [4.78, 5) is 16.7. The standard InChI is InChI=1S/C24H34N4O2/c1-17-10-11-21(30-6)19(14-17)12-13-26-23(25-5)27-16-18-8-7-9-20(15-18)22(29)28-24(2,3)4/h7-11,14-15H,12-13,16H2,1-6H3,(H,28,29)(H2,25,26,27). The SMILES string of the molecule is CN=C(NCCc1cc(C)ccc1OC)NCc1cccc(C(=O)NC(C)(C)C)c1. The zero-order valence-corrected chi connectivity index (χ0v) is 18.9. The molecule has 2 aromatic rings. The molecule has 0 fully saturated rings. The Morgan fingerprint density at radius 3 is 2.53 bits per heavy atom. The minimum Gasteiger partial charge on any atom is -0.496 e. The minimum atomic E-state index is -0.267. The lowest BCUT2D eigenvalue weighted by Gasteiger charge is -2.20. The third kappa shape index (κ3) is 7.43. The van der Waals surface area contributed by atoms with Crippen molar-refractivity contribution in [3.05, 3.63) is 64.7 Å². The van der Waals surface area contributed by atoms with Crippen LogP contribution in [-0.4, -0.2) is 38.1 Å². The molecule has 0 aliphatic carbocycles. The van der Waals surface area contributed by atoms with Crippen molar-refractivity contribution in [2.75, 3.05) is 20.7 Å². The van der Waals surface area contributed by atoms with Crippen LogP contribution in [0.4, 0.5) is 0 Å². The summed E-state index contributed by atoms with van der Waals surface area (Å²) >= 11 is 0. The first-order valence-electron chi connectivity index (χ1n) is 10.2. The van der Waals surface area contributed by atoms with Crippen LogP contribution in [0.2, 0.25) is 0 Å². The quantitative estimate of drug-likeness (QED) is 0.483. The van der Waals surface area contributed by atoms with Crippen molar-refractivity contribution in [2.45, 2.75) is 46.2 Å². The number of carbonyl (C=O) groups excluding carboxylic acids is 1. The molecule has 0 radical (unpaired) electrons. The molecule has 2 aromatic carbocycles. The minimum absolute atomic E-state index is 0.0704. The van der Waals surface area contributed by atoms with Gasteiger partial charge in [-0.2, -0.15) is 0 Å². The van der Waals surface area contributed by atoms with Crippen LogP contribution in [0, 0.1) is 6.92 Å². The van der Waals surface area contributed by atoms with E-state index in [0.29, 0.717) is 18.1 Å². The van der Waals surface area contributed by atoms with Crippen molar-refractivity contribution in [3.8, 4) is 5.75 Å². The number of hydrogen-bond donors (Lipinski definition) is 3. The van der Waals surface area contributed by atoms with Gasteiger partial charge in [-0.05, 0) is 63.4 Å². The Morgan fingerprint density at radius 1 is 1.10 bits per heavy atom. The second-order valence-electron chi connectivity index (χ2n) is 8.32. The normalized spacial score (nSPS) is 11.7. The highest BCUT2D eigenvalue weighted by Gasteiger charge is 2.15. The van der Waals surface area contributed by atoms with Crippen molar-refractivity contribution < 1.29 is 9.53 Å². The van der Waals surface area contributed by atoms with Crippen molar-refractivity contribution in [3.63, 3.8) is 0 Å². The predicted octanol–water partition coefficient (Wildman–Crippen LogP) is 3.44. The number of methoxy groups -OCH3 is 1. The summed E-state index contributed by atoms with van der Waals surface area (Å²) in [6.07, 6.45) is 0.827. The zero-order valence-electron chi connectivity index (χ0n) is 18.9. The highest BCUT2D eigenvalue weighted by molar-refractivity contribution is 5.94. The average Bonchev–Trinajstić information content (AvgIpc) is 2.69. The highest BCUT2D eigenvalue weighted by atomic mass is 16.5. The van der Waals surface area contributed by atoms with Crippen molar-refractivity contribution in [1.82, 2.24) is 16.0 Å². The Kier molecular flexibility index (Phi) is 8.27. The largest absolute Gasteiger partial charge is 0.496 e. The summed E-state index contributed by atoms with van der Waals surface area (Å²) in [6, 6.07) is 13.8. The molecule has 0 bridgehead atoms. The first kappa shape index (κ1) is 23.3. The summed E-state index contributed by atoms with van der Waals surface area (Å²) in [7, 11) is 3.44. The Balaban J connectivity index is 1.90. The first-order chi connectivity index (χ1) is 14.2. The monoisotopic (exact) mass is 410 g/mol. The predicted molar refractivity (Wildman–Crippen MR) is 123 cm³/mol. The Morgan fingerprint density at radius 2 is 1.87 bits per heavy atom. The third-order valence-corrected chi connectivity index (χ3v) is 4.48. The van der Waals surface area contributed by atoms with Gasteiger partial charge in [-0.25, -0.2) is 0 Å². The van der Waals surface area contributed by atoms with Crippen molar-refractivity contribution in [2.24, 2.45) is 4.99 Å². The average molecular weight is 411 g/mol. The maximum atomic E-state index is 12.4. The van der Waals surface area contributed by atoms with Crippen LogP contribution in [-0.2, 0) is 13.0 Å². The number of aryl methyl sites for hydroxylation is 1. The molecule has 0 aromatic heterocycles. The fraction of sp³-hybridized carbons (Fsp3) is 0.417. The van der Waals surface area contributed by atoms with Crippen LogP contribution in [0.3, 0.4) is 0 Å². The van der Waals surface area contributed by atoms with E-state index < -0.39 is 0 Å². The van der Waals surface area contributed by atoms with Crippen molar-refractivity contribution in [1.29, 1.82) is 0 Å². The first-order valence-corrected chi connectivity index (χ1v) is 10.2. The Labute approximate surface area is 180 Å². The maximum Gasteiger partial charge on any atom is 0.251 e. The summed E-state index contributed by atoms with van der Waals surface area (Å²) in [6.45, 7) is 9.29. The molecular formula is C24H34N4O2. The molecule has 0 atom stereocenters. The van der Waals surface area contributed by atoms with Crippen LogP contribution in [0.15, 0.2) is 47.5 Å². The van der Waals surface area contributed by atoms with Crippen LogP contribution >= 0.6 is 0 Å². The van der Waals surface area contributed by atoms with E-state index in [1.807, 2.05) is 57.2 Å². The molecule has 0 aliphatic heterocycles. The molecule has 6 heteroatoms. The molecule has 3 N–H and O–H groups in total. The molecule has 1 amide bonds. The van der Waals surface area contributed by atoms with Gasteiger partial charge in [0.25, 0.3) is 5.91 Å². The number of aliphatic imine (C=N–C) groups is 1. The van der Waals surface area contributed by atoms with Gasteiger partial charge in [0.15, 0.2) is 5.96 Å². The van der Waals surface area contributed by atoms with E-state index >= 15 is 0 Å². The number of benzene rings is 2. The molecule has 30 heavy (non-hydrogen) atoms. The molecule has 0 saturated carbocycles. The summed E-state index contributed by atoms with van der Waals surface area (Å²) in [5, 5.41) is 9.62. The van der Waals surface area contributed by atoms with Crippen LogP contribution < -0.4 is 20.7 Å². The van der Waals surface area contributed by atoms with Crippen LogP contribution in [0.1, 0.15) is 47.8 Å². The Hall–Kier alpha value is -3.02. The molecule has 2 rings (SSSR count). The fourth-order valence-electron chi connectivity index (χ4n) is 3.06. The van der Waals surface area contributed by atoms with E-state index in [1.54, 1.807) is 14.2 Å². The van der Waals surface area contributed by atoms with Gasteiger partial charge >= 0.3 is 0 Å². The lowest BCUT2D eigenvalue weighted by Crippen LogP contribution is -2.40. The smallest absolute Gasteiger partial charge is 0.251 e. The number of nitrogens with zero attached hydrogens (tertiary/aromatic N) is 1. The van der Waals surface area contributed by atoms with E-state index in [9.17, 15) is 4.79 Å². The van der Waals surface area contributed by atoms with Gasteiger partial charge in [0, 0.05) is 31.2 Å². The molecule has 6 nitrogen and oxygen atoms in total. The zero-order chi connectivity index (χ0) is 22.1. The van der Waals surface area contributed by atoms with Gasteiger partial charge in [-0.15, -0.1) is 0 Å². The van der Waals surface area contributed by atoms with E-state index in [-0.39, 0.29) is 11.4 Å². The number of rotatable bonds is 7. The van der Waals surface area contributed by atoms with Gasteiger partial charge in [-0.1, -0.05) is 29.8 Å². The van der Waals surface area contributed by atoms with Gasteiger partial charge < -0.3 is 20.7 Å². The molecule has 0 unspecified atom stereocenters. The number of ether oxygens (including phenoxy) is 1.